The van der Waals surface area contributed by atoms with E-state index in [0.29, 0.717) is 32.4 Å². The van der Waals surface area contributed by atoms with Crippen molar-refractivity contribution in [2.75, 3.05) is 26.2 Å². The highest BCUT2D eigenvalue weighted by molar-refractivity contribution is 6.36. The molecule has 2 aliphatic rings. The van der Waals surface area contributed by atoms with E-state index in [2.05, 4.69) is 4.90 Å². The molecular weight excluding hydrogens is 455 g/mol. The molecule has 0 N–H and O–H groups in total. The average Bonchev–Trinajstić information content (AvgIpc) is 2.80. The van der Waals surface area contributed by atoms with Crippen LogP contribution in [0.25, 0.3) is 0 Å². The maximum absolute atomic E-state index is 12.8. The van der Waals surface area contributed by atoms with Crippen molar-refractivity contribution in [1.29, 1.82) is 0 Å². The summed E-state index contributed by atoms with van der Waals surface area (Å²) in [5.74, 6) is 0.750. The van der Waals surface area contributed by atoms with Crippen molar-refractivity contribution >= 4 is 40.7 Å². The number of rotatable bonds is 4. The quantitative estimate of drug-likeness (QED) is 0.529. The standard InChI is InChI=1S/C24H27Cl3N2O2/c1-16-20(25)6-7-22(23(16)27)31-18-10-14-28(15-11-18)17-8-12-29(13-9-17)24(30)19-4-2-3-5-21(19)26/h2-7,17-18H,8-15H2,1H3. The van der Waals surface area contributed by atoms with Crippen LogP contribution in [0.15, 0.2) is 36.4 Å². The van der Waals surface area contributed by atoms with Crippen molar-refractivity contribution < 1.29 is 9.53 Å². The molecule has 0 spiro atoms. The molecule has 0 radical (unpaired) electrons. The van der Waals surface area contributed by atoms with Crippen LogP contribution in [0.2, 0.25) is 15.1 Å². The Bertz CT molecular complexity index is 936. The number of carbonyl (C=O) groups is 1. The summed E-state index contributed by atoms with van der Waals surface area (Å²) in [5.41, 5.74) is 1.45. The predicted molar refractivity (Wildman–Crippen MR) is 127 cm³/mol. The van der Waals surface area contributed by atoms with Gasteiger partial charge in [-0.25, -0.2) is 0 Å². The van der Waals surface area contributed by atoms with Gasteiger partial charge < -0.3 is 9.64 Å². The van der Waals surface area contributed by atoms with Crippen LogP contribution in [0, 0.1) is 6.92 Å². The van der Waals surface area contributed by atoms with Gasteiger partial charge in [0, 0.05) is 37.2 Å². The molecule has 0 aromatic heterocycles. The highest BCUT2D eigenvalue weighted by Gasteiger charge is 2.31. The fourth-order valence-electron chi connectivity index (χ4n) is 4.51. The van der Waals surface area contributed by atoms with E-state index in [4.69, 9.17) is 39.5 Å². The molecule has 2 heterocycles. The Morgan fingerprint density at radius 1 is 0.903 bits per heavy atom. The van der Waals surface area contributed by atoms with E-state index in [-0.39, 0.29) is 12.0 Å². The largest absolute Gasteiger partial charge is 0.489 e. The molecule has 2 saturated heterocycles. The maximum Gasteiger partial charge on any atom is 0.255 e. The van der Waals surface area contributed by atoms with Gasteiger partial charge in [0.1, 0.15) is 11.9 Å². The molecule has 0 unspecified atom stereocenters. The second-order valence-corrected chi connectivity index (χ2v) is 9.53. The summed E-state index contributed by atoms with van der Waals surface area (Å²) in [4.78, 5) is 17.3. The molecule has 2 aliphatic heterocycles. The minimum Gasteiger partial charge on any atom is -0.489 e. The summed E-state index contributed by atoms with van der Waals surface area (Å²) < 4.78 is 6.18. The number of carbonyl (C=O) groups excluding carboxylic acids is 1. The Kier molecular flexibility index (Phi) is 7.33. The molecule has 4 nitrogen and oxygen atoms in total. The van der Waals surface area contributed by atoms with E-state index in [9.17, 15) is 4.79 Å². The van der Waals surface area contributed by atoms with Gasteiger partial charge >= 0.3 is 0 Å². The summed E-state index contributed by atoms with van der Waals surface area (Å²) in [6.07, 6.45) is 4.08. The first-order chi connectivity index (χ1) is 14.9. The fourth-order valence-corrected chi connectivity index (χ4v) is 5.14. The normalized spacial score (nSPS) is 18.9. The molecule has 1 amide bonds. The van der Waals surface area contributed by atoms with Crippen LogP contribution in [0.1, 0.15) is 41.6 Å². The minimum absolute atomic E-state index is 0.0336. The van der Waals surface area contributed by atoms with Gasteiger partial charge in [-0.15, -0.1) is 0 Å². The molecule has 2 aromatic carbocycles. The van der Waals surface area contributed by atoms with Crippen molar-refractivity contribution in [1.82, 2.24) is 9.80 Å². The molecule has 0 aliphatic carbocycles. The topological polar surface area (TPSA) is 32.8 Å². The second kappa shape index (κ2) is 9.99. The Morgan fingerprint density at radius 3 is 2.26 bits per heavy atom. The Balaban J connectivity index is 1.26. The first-order valence-electron chi connectivity index (χ1n) is 10.8. The van der Waals surface area contributed by atoms with Crippen molar-refractivity contribution in [3.63, 3.8) is 0 Å². The van der Waals surface area contributed by atoms with Gasteiger partial charge in [-0.3, -0.25) is 9.69 Å². The Morgan fingerprint density at radius 2 is 1.58 bits per heavy atom. The summed E-state index contributed by atoms with van der Waals surface area (Å²) >= 11 is 18.7. The summed E-state index contributed by atoms with van der Waals surface area (Å²) in [6, 6.07) is 11.5. The van der Waals surface area contributed by atoms with Gasteiger partial charge in [0.15, 0.2) is 0 Å². The van der Waals surface area contributed by atoms with Gasteiger partial charge in [-0.1, -0.05) is 46.9 Å². The van der Waals surface area contributed by atoms with E-state index in [1.165, 1.54) is 0 Å². The Hall–Kier alpha value is -1.46. The van der Waals surface area contributed by atoms with Gasteiger partial charge in [0.05, 0.1) is 15.6 Å². The Labute approximate surface area is 199 Å². The third-order valence-electron chi connectivity index (χ3n) is 6.43. The van der Waals surface area contributed by atoms with E-state index >= 15 is 0 Å². The number of nitrogens with zero attached hydrogens (tertiary/aromatic N) is 2. The summed E-state index contributed by atoms with van der Waals surface area (Å²) in [7, 11) is 0. The van der Waals surface area contributed by atoms with Crippen LogP contribution in [0.3, 0.4) is 0 Å². The SMILES string of the molecule is Cc1c(Cl)ccc(OC2CCN(C3CCN(C(=O)c4ccccc4Cl)CC3)CC2)c1Cl. The van der Waals surface area contributed by atoms with Gasteiger partial charge in [0.25, 0.3) is 5.91 Å². The van der Waals surface area contributed by atoms with Gasteiger partial charge in [0.2, 0.25) is 0 Å². The second-order valence-electron chi connectivity index (χ2n) is 8.34. The molecule has 2 aromatic rings. The number of amides is 1. The molecule has 31 heavy (non-hydrogen) atoms. The lowest BCUT2D eigenvalue weighted by Crippen LogP contribution is -2.50. The molecule has 4 rings (SSSR count). The molecule has 0 bridgehead atoms. The highest BCUT2D eigenvalue weighted by atomic mass is 35.5. The van der Waals surface area contributed by atoms with Crippen LogP contribution in [0.5, 0.6) is 5.75 Å². The zero-order chi connectivity index (χ0) is 22.0. The zero-order valence-electron chi connectivity index (χ0n) is 17.6. The number of benzene rings is 2. The molecule has 7 heteroatoms. The monoisotopic (exact) mass is 480 g/mol. The van der Waals surface area contributed by atoms with Crippen LogP contribution in [-0.4, -0.2) is 54.0 Å². The lowest BCUT2D eigenvalue weighted by Gasteiger charge is -2.41. The van der Waals surface area contributed by atoms with E-state index < -0.39 is 0 Å². The summed E-state index contributed by atoms with van der Waals surface area (Å²) in [5, 5.41) is 1.78. The molecule has 2 fully saturated rings. The van der Waals surface area contributed by atoms with Crippen molar-refractivity contribution in [3.05, 3.63) is 62.6 Å². The van der Waals surface area contributed by atoms with Crippen molar-refractivity contribution in [3.8, 4) is 5.75 Å². The third-order valence-corrected chi connectivity index (χ3v) is 7.64. The highest BCUT2D eigenvalue weighted by Crippen LogP contribution is 2.34. The van der Waals surface area contributed by atoms with E-state index in [1.807, 2.05) is 36.1 Å². The molecule has 166 valence electrons. The predicted octanol–water partition coefficient (Wildman–Crippen LogP) is 6.10. The molecule has 0 atom stereocenters. The van der Waals surface area contributed by atoms with Crippen LogP contribution in [0.4, 0.5) is 0 Å². The third kappa shape index (κ3) is 5.14. The average molecular weight is 482 g/mol. The number of hydrogen-bond donors (Lipinski definition) is 0. The fraction of sp³-hybridized carbons (Fsp3) is 0.458. The molecular formula is C24H27Cl3N2O2. The van der Waals surface area contributed by atoms with E-state index in [1.54, 1.807) is 12.1 Å². The number of ether oxygens (including phenoxy) is 1. The van der Waals surface area contributed by atoms with Crippen LogP contribution < -0.4 is 4.74 Å². The van der Waals surface area contributed by atoms with Crippen LogP contribution >= 0.6 is 34.8 Å². The number of piperidine rings is 2. The van der Waals surface area contributed by atoms with Crippen LogP contribution in [-0.2, 0) is 0 Å². The maximum atomic E-state index is 12.8. The number of hydrogen-bond acceptors (Lipinski definition) is 3. The lowest BCUT2D eigenvalue weighted by molar-refractivity contribution is 0.0425. The first kappa shape index (κ1) is 22.7. The molecule has 0 saturated carbocycles. The van der Waals surface area contributed by atoms with Crippen molar-refractivity contribution in [2.45, 2.75) is 44.8 Å². The summed E-state index contributed by atoms with van der Waals surface area (Å²) in [6.45, 7) is 5.44. The van der Waals surface area contributed by atoms with Gasteiger partial charge in [-0.05, 0) is 62.4 Å². The van der Waals surface area contributed by atoms with Crippen molar-refractivity contribution in [2.24, 2.45) is 0 Å². The van der Waals surface area contributed by atoms with E-state index in [0.717, 1.165) is 57.4 Å². The van der Waals surface area contributed by atoms with Gasteiger partial charge in [-0.2, -0.15) is 0 Å². The smallest absolute Gasteiger partial charge is 0.255 e. The minimum atomic E-state index is 0.0336. The zero-order valence-corrected chi connectivity index (χ0v) is 19.9. The number of likely N-dealkylation sites (tertiary alicyclic amines) is 2. The first-order valence-corrected chi connectivity index (χ1v) is 12.0. The lowest BCUT2D eigenvalue weighted by atomic mass is 9.98. The number of halogens is 3.